The molecule has 5 nitrogen and oxygen atoms in total. The number of aryl methyl sites for hydroxylation is 2. The van der Waals surface area contributed by atoms with Gasteiger partial charge in [-0.3, -0.25) is 4.79 Å². The monoisotopic (exact) mass is 493 g/mol. The van der Waals surface area contributed by atoms with Gasteiger partial charge in [-0.25, -0.2) is 8.78 Å². The summed E-state index contributed by atoms with van der Waals surface area (Å²) >= 11 is 5.93. The Morgan fingerprint density at radius 1 is 0.886 bits per heavy atom. The third-order valence-corrected chi connectivity index (χ3v) is 6.72. The van der Waals surface area contributed by atoms with Gasteiger partial charge < -0.3 is 9.42 Å². The maximum Gasteiger partial charge on any atom is 0.246 e. The molecule has 0 saturated carbocycles. The van der Waals surface area contributed by atoms with E-state index in [4.69, 9.17) is 16.1 Å². The van der Waals surface area contributed by atoms with Gasteiger partial charge in [0.2, 0.25) is 11.8 Å². The fraction of sp³-hybridized carbons (Fsp3) is 0.222. The Bertz CT molecular complexity index is 1280. The largest absolute Gasteiger partial charge is 0.337 e. The SMILES string of the molecule is O=C1N(Cc2nc(CCc3ccc(Cl)cc3)no2)CCC1(c1ccc(F)cc1)c1ccc(F)cc1. The molecule has 3 aromatic carbocycles. The third-order valence-electron chi connectivity index (χ3n) is 6.47. The fourth-order valence-corrected chi connectivity index (χ4v) is 4.76. The smallest absolute Gasteiger partial charge is 0.246 e. The van der Waals surface area contributed by atoms with E-state index in [0.29, 0.717) is 47.3 Å². The summed E-state index contributed by atoms with van der Waals surface area (Å²) < 4.78 is 32.7. The van der Waals surface area contributed by atoms with Crippen LogP contribution in [0.5, 0.6) is 0 Å². The highest BCUT2D eigenvalue weighted by Crippen LogP contribution is 2.42. The normalized spacial score (nSPS) is 15.1. The molecule has 4 aromatic rings. The Balaban J connectivity index is 1.34. The van der Waals surface area contributed by atoms with E-state index >= 15 is 0 Å². The van der Waals surface area contributed by atoms with E-state index < -0.39 is 5.41 Å². The molecule has 1 aliphatic rings. The van der Waals surface area contributed by atoms with Gasteiger partial charge in [0, 0.05) is 18.0 Å². The summed E-state index contributed by atoms with van der Waals surface area (Å²) in [4.78, 5) is 19.9. The molecule has 35 heavy (non-hydrogen) atoms. The molecule has 0 radical (unpaired) electrons. The Morgan fingerprint density at radius 3 is 2.09 bits per heavy atom. The second-order valence-electron chi connectivity index (χ2n) is 8.63. The number of carbonyl (C=O) groups is 1. The van der Waals surface area contributed by atoms with Crippen molar-refractivity contribution in [3.05, 3.63) is 118 Å². The molecule has 1 saturated heterocycles. The Kier molecular flexibility index (Phi) is 6.34. The van der Waals surface area contributed by atoms with Crippen LogP contribution in [-0.4, -0.2) is 27.5 Å². The molecule has 5 rings (SSSR count). The second kappa shape index (κ2) is 9.58. The van der Waals surface area contributed by atoms with Gasteiger partial charge in [-0.15, -0.1) is 0 Å². The first-order valence-electron chi connectivity index (χ1n) is 11.3. The Hall–Kier alpha value is -3.58. The van der Waals surface area contributed by atoms with Crippen molar-refractivity contribution in [3.8, 4) is 0 Å². The van der Waals surface area contributed by atoms with E-state index in [2.05, 4.69) is 10.1 Å². The first kappa shape index (κ1) is 23.2. The summed E-state index contributed by atoms with van der Waals surface area (Å²) in [5, 5.41) is 4.74. The van der Waals surface area contributed by atoms with Crippen LogP contribution in [-0.2, 0) is 29.6 Å². The molecule has 178 valence electrons. The zero-order chi connectivity index (χ0) is 24.4. The molecule has 1 aromatic heterocycles. The van der Waals surface area contributed by atoms with Crippen molar-refractivity contribution in [2.24, 2.45) is 0 Å². The van der Waals surface area contributed by atoms with Crippen LogP contribution >= 0.6 is 11.6 Å². The van der Waals surface area contributed by atoms with Crippen LogP contribution in [0.2, 0.25) is 5.02 Å². The minimum Gasteiger partial charge on any atom is -0.337 e. The zero-order valence-electron chi connectivity index (χ0n) is 18.8. The number of rotatable bonds is 7. The highest BCUT2D eigenvalue weighted by atomic mass is 35.5. The number of nitrogens with zero attached hydrogens (tertiary/aromatic N) is 3. The van der Waals surface area contributed by atoms with E-state index in [1.165, 1.54) is 24.3 Å². The maximum absolute atomic E-state index is 13.8. The average molecular weight is 494 g/mol. The number of hydrogen-bond donors (Lipinski definition) is 0. The summed E-state index contributed by atoms with van der Waals surface area (Å²) in [5.74, 6) is -0.0374. The zero-order valence-corrected chi connectivity index (χ0v) is 19.5. The van der Waals surface area contributed by atoms with E-state index in [1.807, 2.05) is 24.3 Å². The van der Waals surface area contributed by atoms with Gasteiger partial charge in [0.15, 0.2) is 5.82 Å². The fourth-order valence-electron chi connectivity index (χ4n) is 4.63. The molecular formula is C27H22ClF2N3O2. The van der Waals surface area contributed by atoms with Crippen LogP contribution in [0, 0.1) is 11.6 Å². The standard InChI is InChI=1S/C27H22ClF2N3O2/c28-21-8-1-18(2-9-21)3-14-24-31-25(35-32-24)17-33-16-15-27(26(33)34,19-4-10-22(29)11-5-19)20-6-12-23(30)13-7-20/h1-2,4-13H,3,14-17H2. The predicted molar refractivity (Wildman–Crippen MR) is 127 cm³/mol. The van der Waals surface area contributed by atoms with Crippen LogP contribution in [0.1, 0.15) is 34.8 Å². The molecule has 0 N–H and O–H groups in total. The van der Waals surface area contributed by atoms with E-state index in [-0.39, 0.29) is 24.1 Å². The van der Waals surface area contributed by atoms with Crippen LogP contribution < -0.4 is 0 Å². The molecule has 0 unspecified atom stereocenters. The molecule has 1 fully saturated rings. The van der Waals surface area contributed by atoms with Gasteiger partial charge >= 0.3 is 0 Å². The lowest BCUT2D eigenvalue weighted by molar-refractivity contribution is -0.132. The molecule has 1 amide bonds. The molecule has 8 heteroatoms. The van der Waals surface area contributed by atoms with Crippen LogP contribution in [0.15, 0.2) is 77.3 Å². The summed E-state index contributed by atoms with van der Waals surface area (Å²) in [6.45, 7) is 0.604. The van der Waals surface area contributed by atoms with Gasteiger partial charge in [0.25, 0.3) is 0 Å². The number of hydrogen-bond acceptors (Lipinski definition) is 4. The third kappa shape index (κ3) is 4.68. The number of likely N-dealkylation sites (tertiary alicyclic amines) is 1. The molecule has 1 aliphatic heterocycles. The van der Waals surface area contributed by atoms with E-state index in [1.54, 1.807) is 29.2 Å². The van der Waals surface area contributed by atoms with Gasteiger partial charge in [-0.05, 0) is 65.9 Å². The summed E-state index contributed by atoms with van der Waals surface area (Å²) in [7, 11) is 0. The van der Waals surface area contributed by atoms with E-state index in [0.717, 1.165) is 12.0 Å². The molecule has 0 atom stereocenters. The Morgan fingerprint density at radius 2 is 1.49 bits per heavy atom. The average Bonchev–Trinajstić information content (AvgIpc) is 3.45. The topological polar surface area (TPSA) is 59.2 Å². The first-order chi connectivity index (χ1) is 16.9. The minimum atomic E-state index is -1.04. The van der Waals surface area contributed by atoms with Gasteiger partial charge in [-0.2, -0.15) is 4.98 Å². The number of aromatic nitrogens is 2. The van der Waals surface area contributed by atoms with Crippen molar-refractivity contribution < 1.29 is 18.1 Å². The number of carbonyl (C=O) groups excluding carboxylic acids is 1. The molecule has 0 bridgehead atoms. The van der Waals surface area contributed by atoms with Crippen LogP contribution in [0.3, 0.4) is 0 Å². The van der Waals surface area contributed by atoms with Gasteiger partial charge in [0.05, 0.1) is 0 Å². The lowest BCUT2D eigenvalue weighted by atomic mass is 9.73. The van der Waals surface area contributed by atoms with Crippen molar-refractivity contribution in [1.29, 1.82) is 0 Å². The highest BCUT2D eigenvalue weighted by molar-refractivity contribution is 6.30. The Labute approximate surface area is 206 Å². The summed E-state index contributed by atoms with van der Waals surface area (Å²) in [5.41, 5.74) is 1.39. The van der Waals surface area contributed by atoms with Crippen molar-refractivity contribution in [2.45, 2.75) is 31.2 Å². The first-order valence-corrected chi connectivity index (χ1v) is 11.7. The number of halogens is 3. The number of amides is 1. The highest BCUT2D eigenvalue weighted by Gasteiger charge is 2.49. The van der Waals surface area contributed by atoms with Gasteiger partial charge in [0.1, 0.15) is 23.6 Å². The van der Waals surface area contributed by atoms with Crippen LogP contribution in [0.25, 0.3) is 0 Å². The quantitative estimate of drug-likeness (QED) is 0.341. The molecular weight excluding hydrogens is 472 g/mol. The lowest BCUT2D eigenvalue weighted by Gasteiger charge is -2.29. The lowest BCUT2D eigenvalue weighted by Crippen LogP contribution is -2.38. The van der Waals surface area contributed by atoms with E-state index in [9.17, 15) is 13.6 Å². The number of benzene rings is 3. The maximum atomic E-state index is 13.8. The molecule has 0 spiro atoms. The molecule has 0 aliphatic carbocycles. The predicted octanol–water partition coefficient (Wildman–Crippen LogP) is 5.51. The van der Waals surface area contributed by atoms with Crippen LogP contribution in [0.4, 0.5) is 8.78 Å². The van der Waals surface area contributed by atoms with Crippen molar-refractivity contribution in [3.63, 3.8) is 0 Å². The van der Waals surface area contributed by atoms with Crippen molar-refractivity contribution in [1.82, 2.24) is 15.0 Å². The van der Waals surface area contributed by atoms with Gasteiger partial charge in [-0.1, -0.05) is 53.2 Å². The van der Waals surface area contributed by atoms with Crippen molar-refractivity contribution >= 4 is 17.5 Å². The second-order valence-corrected chi connectivity index (χ2v) is 9.06. The summed E-state index contributed by atoms with van der Waals surface area (Å²) in [6, 6.07) is 19.4. The summed E-state index contributed by atoms with van der Waals surface area (Å²) in [6.07, 6.45) is 1.78. The minimum absolute atomic E-state index is 0.164. The molecule has 2 heterocycles. The van der Waals surface area contributed by atoms with Crippen molar-refractivity contribution in [2.75, 3.05) is 6.54 Å².